The number of anilines is 3. The second kappa shape index (κ2) is 7.48. The van der Waals surface area contributed by atoms with Crippen molar-refractivity contribution >= 4 is 29.2 Å². The first kappa shape index (κ1) is 18.0. The van der Waals surface area contributed by atoms with E-state index >= 15 is 0 Å². The molecule has 154 valence electrons. The molecular formula is C23H21N7O. The van der Waals surface area contributed by atoms with Crippen LogP contribution in [0.4, 0.5) is 17.3 Å². The Balaban J connectivity index is 1.32. The predicted octanol–water partition coefficient (Wildman–Crippen LogP) is 3.30. The fourth-order valence-electron chi connectivity index (χ4n) is 4.06. The SMILES string of the molecule is C1=NCc2cc(-c3cc(Nc4ccc(N5CCOCC5)nn4)c4nccn4c3)ccc21. The number of benzene rings is 1. The summed E-state index contributed by atoms with van der Waals surface area (Å²) in [5, 5.41) is 12.2. The van der Waals surface area contributed by atoms with E-state index in [4.69, 9.17) is 4.74 Å². The molecule has 1 aromatic carbocycles. The van der Waals surface area contributed by atoms with Gasteiger partial charge in [0.15, 0.2) is 17.3 Å². The summed E-state index contributed by atoms with van der Waals surface area (Å²) in [6.07, 6.45) is 7.78. The average molecular weight is 411 g/mol. The zero-order valence-electron chi connectivity index (χ0n) is 16.9. The minimum Gasteiger partial charge on any atom is -0.378 e. The number of morpholine rings is 1. The molecule has 1 saturated heterocycles. The Morgan fingerprint density at radius 3 is 2.77 bits per heavy atom. The lowest BCUT2D eigenvalue weighted by atomic mass is 10.0. The van der Waals surface area contributed by atoms with Crippen molar-refractivity contribution in [1.82, 2.24) is 19.6 Å². The van der Waals surface area contributed by atoms with Gasteiger partial charge in [0.1, 0.15) is 0 Å². The van der Waals surface area contributed by atoms with Crippen LogP contribution in [0, 0.1) is 0 Å². The molecule has 0 radical (unpaired) electrons. The smallest absolute Gasteiger partial charge is 0.160 e. The minimum absolute atomic E-state index is 0.682. The van der Waals surface area contributed by atoms with Crippen molar-refractivity contribution in [2.75, 3.05) is 36.5 Å². The third-order valence-electron chi connectivity index (χ3n) is 5.70. The van der Waals surface area contributed by atoms with Gasteiger partial charge in [-0.2, -0.15) is 0 Å². The number of rotatable bonds is 4. The van der Waals surface area contributed by atoms with Crippen molar-refractivity contribution < 1.29 is 4.74 Å². The van der Waals surface area contributed by atoms with E-state index in [2.05, 4.69) is 60.9 Å². The molecule has 0 saturated carbocycles. The molecule has 0 amide bonds. The summed E-state index contributed by atoms with van der Waals surface area (Å²) in [5.41, 5.74) is 6.42. The summed E-state index contributed by atoms with van der Waals surface area (Å²) in [6, 6.07) is 12.5. The van der Waals surface area contributed by atoms with Gasteiger partial charge in [-0.1, -0.05) is 12.1 Å². The van der Waals surface area contributed by atoms with Crippen LogP contribution in [0.15, 0.2) is 60.0 Å². The van der Waals surface area contributed by atoms with Crippen molar-refractivity contribution in [3.05, 3.63) is 66.1 Å². The lowest BCUT2D eigenvalue weighted by Gasteiger charge is -2.27. The Kier molecular flexibility index (Phi) is 4.35. The van der Waals surface area contributed by atoms with Gasteiger partial charge in [0, 0.05) is 43.5 Å². The summed E-state index contributed by atoms with van der Waals surface area (Å²) in [7, 11) is 0. The maximum absolute atomic E-state index is 5.41. The molecule has 5 heterocycles. The molecular weight excluding hydrogens is 390 g/mol. The second-order valence-electron chi connectivity index (χ2n) is 7.69. The Morgan fingerprint density at radius 2 is 1.90 bits per heavy atom. The topological polar surface area (TPSA) is 79.9 Å². The number of nitrogens with one attached hydrogen (secondary N) is 1. The normalized spacial score (nSPS) is 15.4. The number of hydrogen-bond donors (Lipinski definition) is 1. The van der Waals surface area contributed by atoms with E-state index < -0.39 is 0 Å². The molecule has 2 aliphatic heterocycles. The summed E-state index contributed by atoms with van der Waals surface area (Å²) >= 11 is 0. The number of hydrogen-bond acceptors (Lipinski definition) is 7. The van der Waals surface area contributed by atoms with E-state index in [1.165, 1.54) is 11.1 Å². The van der Waals surface area contributed by atoms with Crippen LogP contribution in [0.25, 0.3) is 16.8 Å². The van der Waals surface area contributed by atoms with Crippen molar-refractivity contribution in [3.8, 4) is 11.1 Å². The zero-order valence-corrected chi connectivity index (χ0v) is 16.9. The molecule has 3 aromatic heterocycles. The fraction of sp³-hybridized carbons (Fsp3) is 0.217. The highest BCUT2D eigenvalue weighted by molar-refractivity contribution is 5.86. The summed E-state index contributed by atoms with van der Waals surface area (Å²) in [6.45, 7) is 3.86. The van der Waals surface area contributed by atoms with Crippen LogP contribution < -0.4 is 10.2 Å². The monoisotopic (exact) mass is 411 g/mol. The van der Waals surface area contributed by atoms with E-state index in [1.807, 2.05) is 28.9 Å². The van der Waals surface area contributed by atoms with Crippen molar-refractivity contribution in [2.24, 2.45) is 4.99 Å². The third-order valence-corrected chi connectivity index (χ3v) is 5.70. The Morgan fingerprint density at radius 1 is 0.968 bits per heavy atom. The maximum atomic E-state index is 5.41. The van der Waals surface area contributed by atoms with E-state index in [1.54, 1.807) is 6.20 Å². The van der Waals surface area contributed by atoms with Crippen LogP contribution in [-0.2, 0) is 11.3 Å². The van der Waals surface area contributed by atoms with E-state index in [0.717, 1.165) is 61.1 Å². The second-order valence-corrected chi connectivity index (χ2v) is 7.69. The van der Waals surface area contributed by atoms with Crippen molar-refractivity contribution in [3.63, 3.8) is 0 Å². The first-order valence-corrected chi connectivity index (χ1v) is 10.4. The molecule has 0 unspecified atom stereocenters. The first-order chi connectivity index (χ1) is 15.3. The lowest BCUT2D eigenvalue weighted by molar-refractivity contribution is 0.122. The Labute approximate surface area is 179 Å². The number of ether oxygens (including phenoxy) is 1. The minimum atomic E-state index is 0.682. The number of aliphatic imine (C=N–C) groups is 1. The van der Waals surface area contributed by atoms with Crippen LogP contribution in [-0.4, -0.2) is 52.1 Å². The van der Waals surface area contributed by atoms with Crippen molar-refractivity contribution in [1.29, 1.82) is 0 Å². The lowest BCUT2D eigenvalue weighted by Crippen LogP contribution is -2.36. The fourth-order valence-corrected chi connectivity index (χ4v) is 4.06. The Bertz CT molecular complexity index is 1270. The highest BCUT2D eigenvalue weighted by Crippen LogP contribution is 2.30. The number of aromatic nitrogens is 4. The molecule has 8 heteroatoms. The van der Waals surface area contributed by atoms with E-state index in [9.17, 15) is 0 Å². The van der Waals surface area contributed by atoms with Crippen molar-refractivity contribution in [2.45, 2.75) is 6.54 Å². The molecule has 0 atom stereocenters. The molecule has 31 heavy (non-hydrogen) atoms. The standard InChI is InChI=1S/C23H21N7O/c1-2-17-13-24-14-18(17)11-16(1)19-12-20(23-25-5-6-30(23)15-19)26-21-3-4-22(28-27-21)29-7-9-31-10-8-29/h1-6,11-13,15H,7-10,14H2,(H,26,27). The largest absolute Gasteiger partial charge is 0.378 e. The Hall–Kier alpha value is -3.78. The highest BCUT2D eigenvalue weighted by atomic mass is 16.5. The highest BCUT2D eigenvalue weighted by Gasteiger charge is 2.14. The van der Waals surface area contributed by atoms with Crippen LogP contribution in [0.1, 0.15) is 11.1 Å². The number of pyridine rings is 1. The van der Waals surface area contributed by atoms with Crippen LogP contribution in [0.3, 0.4) is 0 Å². The summed E-state index contributed by atoms with van der Waals surface area (Å²) in [5.74, 6) is 1.55. The van der Waals surface area contributed by atoms with Gasteiger partial charge in [0.25, 0.3) is 0 Å². The molecule has 6 rings (SSSR count). The van der Waals surface area contributed by atoms with Gasteiger partial charge in [-0.05, 0) is 41.0 Å². The van der Waals surface area contributed by atoms with Gasteiger partial charge in [-0.15, -0.1) is 10.2 Å². The first-order valence-electron chi connectivity index (χ1n) is 10.4. The molecule has 4 aromatic rings. The average Bonchev–Trinajstić information content (AvgIpc) is 3.49. The van der Waals surface area contributed by atoms with Gasteiger partial charge in [-0.25, -0.2) is 4.98 Å². The number of fused-ring (bicyclic) bond motifs is 2. The van der Waals surface area contributed by atoms with Crippen LogP contribution in [0.2, 0.25) is 0 Å². The van der Waals surface area contributed by atoms with Gasteiger partial charge in [-0.3, -0.25) is 4.99 Å². The predicted molar refractivity (Wildman–Crippen MR) is 120 cm³/mol. The van der Waals surface area contributed by atoms with Crippen LogP contribution >= 0.6 is 0 Å². The van der Waals surface area contributed by atoms with Gasteiger partial charge in [0.05, 0.1) is 25.4 Å². The molecule has 0 aliphatic carbocycles. The maximum Gasteiger partial charge on any atom is 0.160 e. The van der Waals surface area contributed by atoms with Gasteiger partial charge < -0.3 is 19.4 Å². The van der Waals surface area contributed by atoms with Gasteiger partial charge >= 0.3 is 0 Å². The van der Waals surface area contributed by atoms with Gasteiger partial charge in [0.2, 0.25) is 0 Å². The molecule has 0 bridgehead atoms. The molecule has 1 fully saturated rings. The molecule has 2 aliphatic rings. The summed E-state index contributed by atoms with van der Waals surface area (Å²) in [4.78, 5) is 11.1. The van der Waals surface area contributed by atoms with Crippen LogP contribution in [0.5, 0.6) is 0 Å². The molecule has 8 nitrogen and oxygen atoms in total. The van der Waals surface area contributed by atoms with E-state index in [0.29, 0.717) is 5.82 Å². The summed E-state index contributed by atoms with van der Waals surface area (Å²) < 4.78 is 7.44. The molecule has 0 spiro atoms. The quantitative estimate of drug-likeness (QED) is 0.555. The number of nitrogens with zero attached hydrogens (tertiary/aromatic N) is 6. The van der Waals surface area contributed by atoms with E-state index in [-0.39, 0.29) is 0 Å². The number of imidazole rings is 1. The molecule has 1 N–H and O–H groups in total. The zero-order chi connectivity index (χ0) is 20.6. The third kappa shape index (κ3) is 3.40.